The molecule has 2 amide bonds. The van der Waals surface area contributed by atoms with Crippen LogP contribution in [0.1, 0.15) is 29.3 Å². The van der Waals surface area contributed by atoms with E-state index in [-0.39, 0.29) is 11.4 Å². The number of aryl methyl sites for hydroxylation is 1. The zero-order valence-electron chi connectivity index (χ0n) is 12.6. The first-order valence-corrected chi connectivity index (χ1v) is 7.77. The van der Waals surface area contributed by atoms with Crippen LogP contribution in [0.15, 0.2) is 36.5 Å². The standard InChI is InChI=1S/C16H21N3OS/c1-12-17-9-14(21-12)10-18-15(20)19-11-16(2,3)13-7-5-4-6-8-13/h4-9H,10-11H2,1-3H3,(H2,18,19,20). The van der Waals surface area contributed by atoms with Crippen molar-refractivity contribution < 1.29 is 4.79 Å². The first-order chi connectivity index (χ1) is 9.97. The number of thiazole rings is 1. The molecule has 0 spiro atoms. The van der Waals surface area contributed by atoms with Crippen LogP contribution in [-0.2, 0) is 12.0 Å². The van der Waals surface area contributed by atoms with Gasteiger partial charge in [0.1, 0.15) is 0 Å². The van der Waals surface area contributed by atoms with Crippen molar-refractivity contribution in [2.75, 3.05) is 6.54 Å². The number of nitrogens with zero attached hydrogens (tertiary/aromatic N) is 1. The van der Waals surface area contributed by atoms with Gasteiger partial charge < -0.3 is 10.6 Å². The first-order valence-electron chi connectivity index (χ1n) is 6.96. The second-order valence-electron chi connectivity index (χ2n) is 5.63. The number of carbonyl (C=O) groups is 1. The second-order valence-corrected chi connectivity index (χ2v) is 6.95. The predicted octanol–water partition coefficient (Wildman–Crippen LogP) is 3.23. The zero-order chi connectivity index (χ0) is 15.3. The van der Waals surface area contributed by atoms with Crippen molar-refractivity contribution in [2.45, 2.75) is 32.7 Å². The highest BCUT2D eigenvalue weighted by Gasteiger charge is 2.20. The molecule has 1 aromatic carbocycles. The molecule has 5 heteroatoms. The van der Waals surface area contributed by atoms with Gasteiger partial charge in [0.05, 0.1) is 11.6 Å². The summed E-state index contributed by atoms with van der Waals surface area (Å²) in [4.78, 5) is 17.1. The second kappa shape index (κ2) is 6.72. The van der Waals surface area contributed by atoms with Gasteiger partial charge >= 0.3 is 6.03 Å². The van der Waals surface area contributed by atoms with Gasteiger partial charge in [0.15, 0.2) is 0 Å². The maximum absolute atomic E-state index is 11.9. The molecule has 2 rings (SSSR count). The summed E-state index contributed by atoms with van der Waals surface area (Å²) in [6.45, 7) is 7.30. The minimum absolute atomic E-state index is 0.0975. The molecule has 0 atom stereocenters. The van der Waals surface area contributed by atoms with Gasteiger partial charge in [-0.15, -0.1) is 11.3 Å². The van der Waals surface area contributed by atoms with Crippen LogP contribution in [0.25, 0.3) is 0 Å². The van der Waals surface area contributed by atoms with Crippen molar-refractivity contribution in [2.24, 2.45) is 0 Å². The Morgan fingerprint density at radius 3 is 2.57 bits per heavy atom. The van der Waals surface area contributed by atoms with Gasteiger partial charge in [-0.2, -0.15) is 0 Å². The Labute approximate surface area is 129 Å². The molecule has 0 fully saturated rings. The molecule has 1 heterocycles. The molecule has 0 aliphatic heterocycles. The van der Waals surface area contributed by atoms with Gasteiger partial charge in [-0.1, -0.05) is 44.2 Å². The molecule has 0 bridgehead atoms. The third-order valence-electron chi connectivity index (χ3n) is 3.34. The van der Waals surface area contributed by atoms with Crippen LogP contribution in [0.2, 0.25) is 0 Å². The van der Waals surface area contributed by atoms with E-state index < -0.39 is 0 Å². The van der Waals surface area contributed by atoms with Gasteiger partial charge in [-0.3, -0.25) is 0 Å². The summed E-state index contributed by atoms with van der Waals surface area (Å²) in [5.74, 6) is 0. The molecule has 2 aromatic rings. The van der Waals surface area contributed by atoms with Crippen molar-refractivity contribution in [3.63, 3.8) is 0 Å². The van der Waals surface area contributed by atoms with Crippen LogP contribution < -0.4 is 10.6 Å². The number of nitrogens with one attached hydrogen (secondary N) is 2. The normalized spacial score (nSPS) is 11.2. The fourth-order valence-corrected chi connectivity index (χ4v) is 2.74. The SMILES string of the molecule is Cc1ncc(CNC(=O)NCC(C)(C)c2ccccc2)s1. The summed E-state index contributed by atoms with van der Waals surface area (Å²) >= 11 is 1.60. The molecule has 2 N–H and O–H groups in total. The molecular formula is C16H21N3OS. The lowest BCUT2D eigenvalue weighted by molar-refractivity contribution is 0.238. The van der Waals surface area contributed by atoms with E-state index in [1.807, 2.05) is 25.1 Å². The Bertz CT molecular complexity index is 593. The highest BCUT2D eigenvalue weighted by atomic mass is 32.1. The Kier molecular flexibility index (Phi) is 4.96. The third kappa shape index (κ3) is 4.56. The summed E-state index contributed by atoms with van der Waals surface area (Å²) in [5, 5.41) is 6.80. The van der Waals surface area contributed by atoms with Crippen LogP contribution in [0.4, 0.5) is 4.79 Å². The number of amides is 2. The van der Waals surface area contributed by atoms with Crippen LogP contribution in [0, 0.1) is 6.92 Å². The van der Waals surface area contributed by atoms with Crippen molar-refractivity contribution in [1.82, 2.24) is 15.6 Å². The topological polar surface area (TPSA) is 54.0 Å². The summed E-state index contributed by atoms with van der Waals surface area (Å²) in [7, 11) is 0. The highest BCUT2D eigenvalue weighted by Crippen LogP contribution is 2.21. The van der Waals surface area contributed by atoms with E-state index in [1.54, 1.807) is 17.5 Å². The molecule has 0 radical (unpaired) electrons. The van der Waals surface area contributed by atoms with Crippen molar-refractivity contribution >= 4 is 17.4 Å². The molecule has 112 valence electrons. The van der Waals surface area contributed by atoms with Gasteiger partial charge in [0.25, 0.3) is 0 Å². The number of hydrogen-bond donors (Lipinski definition) is 2. The Morgan fingerprint density at radius 2 is 1.95 bits per heavy atom. The van der Waals surface area contributed by atoms with Gasteiger partial charge in [0, 0.05) is 23.0 Å². The Balaban J connectivity index is 1.80. The average Bonchev–Trinajstić information content (AvgIpc) is 2.90. The van der Waals surface area contributed by atoms with Crippen LogP contribution in [0.5, 0.6) is 0 Å². The van der Waals surface area contributed by atoms with E-state index in [9.17, 15) is 4.79 Å². The van der Waals surface area contributed by atoms with E-state index in [4.69, 9.17) is 0 Å². The lowest BCUT2D eigenvalue weighted by Crippen LogP contribution is -2.41. The van der Waals surface area contributed by atoms with Crippen molar-refractivity contribution in [3.8, 4) is 0 Å². The fraction of sp³-hybridized carbons (Fsp3) is 0.375. The Hall–Kier alpha value is -1.88. The summed E-state index contributed by atoms with van der Waals surface area (Å²) < 4.78 is 0. The van der Waals surface area contributed by atoms with Crippen LogP contribution >= 0.6 is 11.3 Å². The Morgan fingerprint density at radius 1 is 1.24 bits per heavy atom. The maximum atomic E-state index is 11.9. The fourth-order valence-electron chi connectivity index (χ4n) is 2.01. The lowest BCUT2D eigenvalue weighted by Gasteiger charge is -2.25. The molecule has 0 saturated carbocycles. The monoisotopic (exact) mass is 303 g/mol. The number of carbonyl (C=O) groups excluding carboxylic acids is 1. The number of aromatic nitrogens is 1. The number of hydrogen-bond acceptors (Lipinski definition) is 3. The molecule has 0 aliphatic rings. The molecule has 4 nitrogen and oxygen atoms in total. The summed E-state index contributed by atoms with van der Waals surface area (Å²) in [6.07, 6.45) is 1.80. The average molecular weight is 303 g/mol. The molecule has 1 aromatic heterocycles. The molecule has 0 saturated heterocycles. The molecule has 21 heavy (non-hydrogen) atoms. The van der Waals surface area contributed by atoms with Crippen molar-refractivity contribution in [3.05, 3.63) is 52.0 Å². The number of urea groups is 1. The van der Waals surface area contributed by atoms with Gasteiger partial charge in [-0.05, 0) is 12.5 Å². The number of rotatable bonds is 5. The molecule has 0 aliphatic carbocycles. The first kappa shape index (κ1) is 15.5. The van der Waals surface area contributed by atoms with Crippen LogP contribution in [-0.4, -0.2) is 17.6 Å². The zero-order valence-corrected chi connectivity index (χ0v) is 13.5. The molecular weight excluding hydrogens is 282 g/mol. The van der Waals surface area contributed by atoms with E-state index >= 15 is 0 Å². The largest absolute Gasteiger partial charge is 0.337 e. The lowest BCUT2D eigenvalue weighted by atomic mass is 9.85. The number of benzene rings is 1. The predicted molar refractivity (Wildman–Crippen MR) is 86.6 cm³/mol. The third-order valence-corrected chi connectivity index (χ3v) is 4.25. The van der Waals surface area contributed by atoms with E-state index in [0.717, 1.165) is 9.88 Å². The summed E-state index contributed by atoms with van der Waals surface area (Å²) in [5.41, 5.74) is 1.11. The smallest absolute Gasteiger partial charge is 0.315 e. The molecule has 0 unspecified atom stereocenters. The van der Waals surface area contributed by atoms with E-state index in [2.05, 4.69) is 41.6 Å². The quantitative estimate of drug-likeness (QED) is 0.891. The minimum atomic E-state index is -0.148. The van der Waals surface area contributed by atoms with Gasteiger partial charge in [0.2, 0.25) is 0 Å². The van der Waals surface area contributed by atoms with Crippen LogP contribution in [0.3, 0.4) is 0 Å². The highest BCUT2D eigenvalue weighted by molar-refractivity contribution is 7.11. The summed E-state index contributed by atoms with van der Waals surface area (Å²) in [6, 6.07) is 10.0. The minimum Gasteiger partial charge on any atom is -0.337 e. The van der Waals surface area contributed by atoms with Crippen molar-refractivity contribution in [1.29, 1.82) is 0 Å². The van der Waals surface area contributed by atoms with E-state index in [1.165, 1.54) is 5.56 Å². The van der Waals surface area contributed by atoms with Gasteiger partial charge in [-0.25, -0.2) is 9.78 Å². The maximum Gasteiger partial charge on any atom is 0.315 e. The van der Waals surface area contributed by atoms with E-state index in [0.29, 0.717) is 13.1 Å².